The highest BCUT2D eigenvalue weighted by molar-refractivity contribution is 5.83. The third-order valence-corrected chi connectivity index (χ3v) is 3.32. The third kappa shape index (κ3) is 2.39. The van der Waals surface area contributed by atoms with Crippen LogP contribution in [0.25, 0.3) is 0 Å². The third-order valence-electron chi connectivity index (χ3n) is 3.32. The summed E-state index contributed by atoms with van der Waals surface area (Å²) in [6, 6.07) is 3.03. The number of benzene rings is 1. The van der Waals surface area contributed by atoms with E-state index in [-0.39, 0.29) is 11.7 Å². The number of carbonyl (C=O) groups is 1. The number of nitrogens with zero attached hydrogens (tertiary/aromatic N) is 2. The van der Waals surface area contributed by atoms with Gasteiger partial charge in [-0.15, -0.1) is 0 Å². The highest BCUT2D eigenvalue weighted by Crippen LogP contribution is 2.27. The molecule has 1 aromatic rings. The smallest absolute Gasteiger partial charge is 0.241 e. The van der Waals surface area contributed by atoms with Crippen molar-refractivity contribution < 1.29 is 9.18 Å². The SMILES string of the molecule is Cc1cc(N2CCCN(C)C(=O)C2)c(N)cc1F. The number of carbonyl (C=O) groups excluding carboxylic acids is 1. The maximum absolute atomic E-state index is 13.4. The van der Waals surface area contributed by atoms with Gasteiger partial charge in [-0.05, 0) is 31.0 Å². The minimum absolute atomic E-state index is 0.0638. The van der Waals surface area contributed by atoms with E-state index in [1.54, 1.807) is 24.9 Å². The highest BCUT2D eigenvalue weighted by atomic mass is 19.1. The maximum Gasteiger partial charge on any atom is 0.241 e. The molecule has 98 valence electrons. The molecule has 2 N–H and O–H groups in total. The molecule has 0 saturated carbocycles. The number of halogens is 1. The molecule has 1 heterocycles. The van der Waals surface area contributed by atoms with Gasteiger partial charge in [-0.1, -0.05) is 0 Å². The molecule has 0 aromatic heterocycles. The summed E-state index contributed by atoms with van der Waals surface area (Å²) in [5, 5.41) is 0. The molecule has 1 saturated heterocycles. The molecule has 0 atom stereocenters. The van der Waals surface area contributed by atoms with Crippen molar-refractivity contribution in [2.24, 2.45) is 0 Å². The molecule has 0 aliphatic carbocycles. The molecule has 4 nitrogen and oxygen atoms in total. The van der Waals surface area contributed by atoms with Crippen LogP contribution in [0, 0.1) is 12.7 Å². The lowest BCUT2D eigenvalue weighted by atomic mass is 10.1. The van der Waals surface area contributed by atoms with Gasteiger partial charge >= 0.3 is 0 Å². The van der Waals surface area contributed by atoms with Gasteiger partial charge in [0.1, 0.15) is 5.82 Å². The van der Waals surface area contributed by atoms with Crippen molar-refractivity contribution in [3.8, 4) is 0 Å². The van der Waals surface area contributed by atoms with Crippen molar-refractivity contribution in [3.63, 3.8) is 0 Å². The topological polar surface area (TPSA) is 49.6 Å². The van der Waals surface area contributed by atoms with Crippen LogP contribution in [0.15, 0.2) is 12.1 Å². The fourth-order valence-corrected chi connectivity index (χ4v) is 2.15. The molecular weight excluding hydrogens is 233 g/mol. The number of aryl methyl sites for hydroxylation is 1. The number of amides is 1. The Hall–Kier alpha value is -1.78. The van der Waals surface area contributed by atoms with Gasteiger partial charge in [0.15, 0.2) is 0 Å². The second-order valence-corrected chi connectivity index (χ2v) is 4.75. The molecule has 0 bridgehead atoms. The fraction of sp³-hybridized carbons (Fsp3) is 0.462. The van der Waals surface area contributed by atoms with Gasteiger partial charge in [0.25, 0.3) is 0 Å². The number of nitrogen functional groups attached to an aromatic ring is 1. The normalized spacial score (nSPS) is 16.9. The van der Waals surface area contributed by atoms with Gasteiger partial charge in [0.2, 0.25) is 5.91 Å². The first-order chi connectivity index (χ1) is 8.49. The lowest BCUT2D eigenvalue weighted by molar-refractivity contribution is -0.127. The van der Waals surface area contributed by atoms with Gasteiger partial charge in [0.05, 0.1) is 17.9 Å². The van der Waals surface area contributed by atoms with Crippen LogP contribution in [0.5, 0.6) is 0 Å². The average Bonchev–Trinajstić information content (AvgIpc) is 2.47. The Kier molecular flexibility index (Phi) is 3.41. The first-order valence-corrected chi connectivity index (χ1v) is 6.03. The van der Waals surface area contributed by atoms with Crippen molar-refractivity contribution in [1.29, 1.82) is 0 Å². The van der Waals surface area contributed by atoms with Crippen molar-refractivity contribution in [3.05, 3.63) is 23.5 Å². The summed E-state index contributed by atoms with van der Waals surface area (Å²) < 4.78 is 13.4. The lowest BCUT2D eigenvalue weighted by Crippen LogP contribution is -2.34. The number of hydrogen-bond donors (Lipinski definition) is 1. The minimum atomic E-state index is -0.311. The molecule has 5 heteroatoms. The molecule has 0 spiro atoms. The molecular formula is C13H18FN3O. The van der Waals surface area contributed by atoms with Crippen molar-refractivity contribution >= 4 is 17.3 Å². The molecule has 0 radical (unpaired) electrons. The van der Waals surface area contributed by atoms with E-state index in [1.165, 1.54) is 6.07 Å². The van der Waals surface area contributed by atoms with Crippen LogP contribution in [-0.4, -0.2) is 37.5 Å². The molecule has 1 amide bonds. The molecule has 1 aliphatic rings. The number of anilines is 2. The van der Waals surface area contributed by atoms with Gasteiger partial charge in [-0.2, -0.15) is 0 Å². The zero-order chi connectivity index (χ0) is 13.3. The van der Waals surface area contributed by atoms with Gasteiger partial charge < -0.3 is 15.5 Å². The number of likely N-dealkylation sites (N-methyl/N-ethyl adjacent to an activating group) is 1. The molecule has 2 rings (SSSR count). The van der Waals surface area contributed by atoms with Crippen LogP contribution in [0.1, 0.15) is 12.0 Å². The summed E-state index contributed by atoms with van der Waals surface area (Å²) in [4.78, 5) is 15.5. The summed E-state index contributed by atoms with van der Waals surface area (Å²) in [6.07, 6.45) is 0.887. The van der Waals surface area contributed by atoms with Gasteiger partial charge in [-0.25, -0.2) is 4.39 Å². The van der Waals surface area contributed by atoms with Crippen LogP contribution in [-0.2, 0) is 4.79 Å². The van der Waals surface area contributed by atoms with E-state index in [9.17, 15) is 9.18 Å². The van der Waals surface area contributed by atoms with Crippen LogP contribution in [0.3, 0.4) is 0 Å². The highest BCUT2D eigenvalue weighted by Gasteiger charge is 2.21. The van der Waals surface area contributed by atoms with Crippen LogP contribution in [0.4, 0.5) is 15.8 Å². The van der Waals surface area contributed by atoms with E-state index in [4.69, 9.17) is 5.73 Å². The van der Waals surface area contributed by atoms with E-state index < -0.39 is 0 Å². The van der Waals surface area contributed by atoms with Gasteiger partial charge in [0, 0.05) is 20.1 Å². The molecule has 1 fully saturated rings. The van der Waals surface area contributed by atoms with E-state index in [2.05, 4.69) is 0 Å². The number of nitrogens with two attached hydrogens (primary N) is 1. The lowest BCUT2D eigenvalue weighted by Gasteiger charge is -2.24. The summed E-state index contributed by atoms with van der Waals surface area (Å²) in [5.41, 5.74) is 7.52. The Morgan fingerprint density at radius 2 is 2.06 bits per heavy atom. The van der Waals surface area contributed by atoms with Crippen molar-refractivity contribution in [2.45, 2.75) is 13.3 Å². The molecule has 1 aromatic carbocycles. The molecule has 1 aliphatic heterocycles. The van der Waals surface area contributed by atoms with E-state index in [1.807, 2.05) is 4.90 Å². The average molecular weight is 251 g/mol. The monoisotopic (exact) mass is 251 g/mol. The summed E-state index contributed by atoms with van der Waals surface area (Å²) in [5.74, 6) is -0.247. The fourth-order valence-electron chi connectivity index (χ4n) is 2.15. The van der Waals surface area contributed by atoms with E-state index >= 15 is 0 Å². The molecule has 18 heavy (non-hydrogen) atoms. The van der Waals surface area contributed by atoms with Crippen LogP contribution in [0.2, 0.25) is 0 Å². The van der Waals surface area contributed by atoms with Crippen molar-refractivity contribution in [1.82, 2.24) is 4.90 Å². The predicted molar refractivity (Wildman–Crippen MR) is 70.0 cm³/mol. The minimum Gasteiger partial charge on any atom is -0.397 e. The summed E-state index contributed by atoms with van der Waals surface area (Å²) >= 11 is 0. The second kappa shape index (κ2) is 4.84. The quantitative estimate of drug-likeness (QED) is 0.767. The Bertz CT molecular complexity index is 476. The van der Waals surface area contributed by atoms with Crippen LogP contribution < -0.4 is 10.6 Å². The largest absolute Gasteiger partial charge is 0.397 e. The van der Waals surface area contributed by atoms with Crippen molar-refractivity contribution in [2.75, 3.05) is 37.3 Å². The van der Waals surface area contributed by atoms with E-state index in [0.717, 1.165) is 25.2 Å². The zero-order valence-corrected chi connectivity index (χ0v) is 10.7. The standard InChI is InChI=1S/C13H18FN3O/c1-9-6-12(11(15)7-10(9)14)17-5-3-4-16(2)13(18)8-17/h6-7H,3-5,8,15H2,1-2H3. The number of rotatable bonds is 1. The Labute approximate surface area is 106 Å². The zero-order valence-electron chi connectivity index (χ0n) is 10.7. The maximum atomic E-state index is 13.4. The molecule has 0 unspecified atom stereocenters. The summed E-state index contributed by atoms with van der Waals surface area (Å²) in [6.45, 7) is 3.50. The second-order valence-electron chi connectivity index (χ2n) is 4.75. The predicted octanol–water partition coefficient (Wildman–Crippen LogP) is 1.38. The Morgan fingerprint density at radius 3 is 2.78 bits per heavy atom. The Morgan fingerprint density at radius 1 is 1.33 bits per heavy atom. The first-order valence-electron chi connectivity index (χ1n) is 6.03. The van der Waals surface area contributed by atoms with E-state index in [0.29, 0.717) is 17.8 Å². The summed E-state index contributed by atoms with van der Waals surface area (Å²) in [7, 11) is 1.80. The van der Waals surface area contributed by atoms with Gasteiger partial charge in [-0.3, -0.25) is 4.79 Å². The first kappa shape index (κ1) is 12.7. The number of hydrogen-bond acceptors (Lipinski definition) is 3. The van der Waals surface area contributed by atoms with Crippen LogP contribution >= 0.6 is 0 Å². The Balaban J connectivity index is 2.30.